The maximum Gasteiger partial charge on any atom is 0.0538 e. The molecule has 9 aromatic carbocycles. The van der Waals surface area contributed by atoms with Crippen LogP contribution in [-0.4, -0.2) is 4.57 Å². The van der Waals surface area contributed by atoms with Crippen molar-refractivity contribution in [1.82, 2.24) is 4.57 Å². The van der Waals surface area contributed by atoms with E-state index in [1.54, 1.807) is 0 Å². The van der Waals surface area contributed by atoms with Crippen molar-refractivity contribution in [3.05, 3.63) is 294 Å². The Morgan fingerprint density at radius 2 is 0.797 bits per heavy atom. The predicted octanol–water partition coefficient (Wildman–Crippen LogP) is 19.1. The average molecular weight is 952 g/mol. The number of rotatable bonds is 11. The Morgan fingerprint density at radius 1 is 0.324 bits per heavy atom. The monoisotopic (exact) mass is 951 g/mol. The van der Waals surface area contributed by atoms with E-state index in [9.17, 15) is 0 Å². The zero-order valence-corrected chi connectivity index (χ0v) is 41.6. The molecule has 0 aliphatic heterocycles. The largest absolute Gasteiger partial charge is 0.314 e. The molecular weight excluding hydrogens is 895 g/mol. The van der Waals surface area contributed by atoms with E-state index in [2.05, 4.69) is 275 Å². The van der Waals surface area contributed by atoms with Gasteiger partial charge in [0.05, 0.1) is 5.52 Å². The SMILES string of the molecule is C1=C(c2ccc(-c3ccc4c(c3)c3c(n4-c4ccc5ccccc5c4)CCC(c4ccc(C5=CC=C(N(c6ccccc6)c6ccccc6)CC5)cc4)=C3)cc2)CCCC(N(c2ccccc2)c2ccccc2)=C1. The van der Waals surface area contributed by atoms with Gasteiger partial charge in [0.15, 0.2) is 0 Å². The van der Waals surface area contributed by atoms with E-state index in [4.69, 9.17) is 0 Å². The van der Waals surface area contributed by atoms with Gasteiger partial charge in [-0.15, -0.1) is 0 Å². The Kier molecular flexibility index (Phi) is 12.1. The molecule has 3 aliphatic rings. The van der Waals surface area contributed by atoms with Crippen LogP contribution in [0.15, 0.2) is 266 Å². The molecule has 1 aromatic heterocycles. The molecule has 3 nitrogen and oxygen atoms in total. The summed E-state index contributed by atoms with van der Waals surface area (Å²) in [5.74, 6) is 0. The third kappa shape index (κ3) is 8.81. The lowest BCUT2D eigenvalue weighted by molar-refractivity contribution is 0.830. The third-order valence-electron chi connectivity index (χ3n) is 15.4. The first-order chi connectivity index (χ1) is 36.7. The lowest BCUT2D eigenvalue weighted by Gasteiger charge is -2.30. The second-order valence-corrected chi connectivity index (χ2v) is 19.8. The lowest BCUT2D eigenvalue weighted by Crippen LogP contribution is -2.17. The van der Waals surface area contributed by atoms with Crippen LogP contribution in [0.4, 0.5) is 22.7 Å². The summed E-state index contributed by atoms with van der Waals surface area (Å²) in [7, 11) is 0. The summed E-state index contributed by atoms with van der Waals surface area (Å²) >= 11 is 0. The molecule has 0 N–H and O–H groups in total. The van der Waals surface area contributed by atoms with Crippen molar-refractivity contribution in [3.63, 3.8) is 0 Å². The molecule has 0 atom stereocenters. The number of fused-ring (bicyclic) bond motifs is 4. The van der Waals surface area contributed by atoms with Gasteiger partial charge in [0.25, 0.3) is 0 Å². The molecular formula is C71H57N3. The molecule has 13 rings (SSSR count). The van der Waals surface area contributed by atoms with E-state index in [0.29, 0.717) is 0 Å². The van der Waals surface area contributed by atoms with Gasteiger partial charge in [-0.25, -0.2) is 0 Å². The van der Waals surface area contributed by atoms with Crippen LogP contribution in [0.25, 0.3) is 61.3 Å². The maximum absolute atomic E-state index is 2.53. The fourth-order valence-corrected chi connectivity index (χ4v) is 11.6. The van der Waals surface area contributed by atoms with Crippen molar-refractivity contribution in [2.75, 3.05) is 9.80 Å². The molecule has 3 aliphatic carbocycles. The normalized spacial score (nSPS) is 14.5. The first kappa shape index (κ1) is 45.0. The van der Waals surface area contributed by atoms with Gasteiger partial charge in [0.2, 0.25) is 0 Å². The first-order valence-corrected chi connectivity index (χ1v) is 26.4. The molecule has 1 heterocycles. The molecule has 3 heteroatoms. The van der Waals surface area contributed by atoms with E-state index in [1.165, 1.54) is 117 Å². The molecule has 0 spiro atoms. The van der Waals surface area contributed by atoms with Gasteiger partial charge in [-0.2, -0.15) is 0 Å². The van der Waals surface area contributed by atoms with Crippen molar-refractivity contribution < 1.29 is 0 Å². The number of hydrogen-bond donors (Lipinski definition) is 0. The standard InChI is InChI=1S/C71H57N3/c1-5-19-61(20-6-1)72(62-21-7-2-8-22-62)65-27-15-18-51(36-42-65)53-28-32-56(33-29-53)59-40-46-70-68(49-59)69-50-60(41-47-71(69)74(70)67-45-39-52-16-13-14-17-58(52)48-67)57-34-30-54(31-35-57)55-37-43-66(44-38-55)73(63-23-9-3-10-24-63)64-25-11-4-12-26-64/h1-14,16-17,19-26,28-37,39-40,42-43,45-46,48-50H,15,18,27,38,41,44,47H2. The minimum atomic E-state index is 0.965. The summed E-state index contributed by atoms with van der Waals surface area (Å²) in [4.78, 5) is 4.81. The van der Waals surface area contributed by atoms with Crippen molar-refractivity contribution in [1.29, 1.82) is 0 Å². The minimum absolute atomic E-state index is 0.965. The fraction of sp³-hybridized carbons (Fsp3) is 0.0986. The van der Waals surface area contributed by atoms with Gasteiger partial charge in [0.1, 0.15) is 0 Å². The van der Waals surface area contributed by atoms with Crippen molar-refractivity contribution in [3.8, 4) is 16.8 Å². The smallest absolute Gasteiger partial charge is 0.0538 e. The summed E-state index contributed by atoms with van der Waals surface area (Å²) in [6.07, 6.45) is 18.9. The number of allylic oxidation sites excluding steroid dienone is 9. The maximum atomic E-state index is 2.53. The van der Waals surface area contributed by atoms with Crippen LogP contribution in [-0.2, 0) is 6.42 Å². The van der Waals surface area contributed by atoms with Crippen LogP contribution in [0.1, 0.15) is 66.5 Å². The summed E-state index contributed by atoms with van der Waals surface area (Å²) in [5, 5.41) is 3.82. The minimum Gasteiger partial charge on any atom is -0.314 e. The number of benzene rings is 9. The zero-order valence-electron chi connectivity index (χ0n) is 41.6. The second kappa shape index (κ2) is 19.9. The molecule has 0 saturated heterocycles. The quantitative estimate of drug-likeness (QED) is 0.128. The van der Waals surface area contributed by atoms with Crippen molar-refractivity contribution in [2.45, 2.75) is 44.9 Å². The van der Waals surface area contributed by atoms with E-state index in [0.717, 1.165) is 44.9 Å². The Bertz CT molecular complexity index is 3740. The van der Waals surface area contributed by atoms with Crippen LogP contribution in [0.5, 0.6) is 0 Å². The molecule has 0 amide bonds. The molecule has 0 fully saturated rings. The average Bonchev–Trinajstić information content (AvgIpc) is 3.60. The number of aromatic nitrogens is 1. The molecule has 0 bridgehead atoms. The summed E-state index contributed by atoms with van der Waals surface area (Å²) in [5.41, 5.74) is 23.0. The molecule has 356 valence electrons. The molecule has 0 unspecified atom stereocenters. The van der Waals surface area contributed by atoms with Gasteiger partial charge < -0.3 is 14.4 Å². The van der Waals surface area contributed by atoms with E-state index in [1.807, 2.05) is 0 Å². The highest BCUT2D eigenvalue weighted by Gasteiger charge is 2.24. The first-order valence-electron chi connectivity index (χ1n) is 26.4. The predicted molar refractivity (Wildman–Crippen MR) is 314 cm³/mol. The molecule has 74 heavy (non-hydrogen) atoms. The van der Waals surface area contributed by atoms with Crippen LogP contribution in [0, 0.1) is 0 Å². The van der Waals surface area contributed by atoms with E-state index in [-0.39, 0.29) is 0 Å². The Morgan fingerprint density at radius 3 is 1.36 bits per heavy atom. The Hall–Kier alpha value is -8.92. The number of hydrogen-bond acceptors (Lipinski definition) is 2. The van der Waals surface area contributed by atoms with Crippen molar-refractivity contribution >= 4 is 67.2 Å². The highest BCUT2D eigenvalue weighted by Crippen LogP contribution is 2.43. The Balaban J connectivity index is 0.815. The van der Waals surface area contributed by atoms with Gasteiger partial charge in [-0.3, -0.25) is 0 Å². The van der Waals surface area contributed by atoms with E-state index < -0.39 is 0 Å². The van der Waals surface area contributed by atoms with Crippen LogP contribution < -0.4 is 9.80 Å². The fourth-order valence-electron chi connectivity index (χ4n) is 11.6. The van der Waals surface area contributed by atoms with Gasteiger partial charge >= 0.3 is 0 Å². The summed E-state index contributed by atoms with van der Waals surface area (Å²) < 4.78 is 2.53. The van der Waals surface area contributed by atoms with Gasteiger partial charge in [-0.1, -0.05) is 170 Å². The Labute approximate surface area is 435 Å². The highest BCUT2D eigenvalue weighted by atomic mass is 15.2. The van der Waals surface area contributed by atoms with Crippen LogP contribution >= 0.6 is 0 Å². The lowest BCUT2D eigenvalue weighted by atomic mass is 9.89. The zero-order chi connectivity index (χ0) is 49.2. The molecule has 10 aromatic rings. The number of nitrogens with zero attached hydrogens (tertiary/aromatic N) is 3. The number of para-hydroxylation sites is 4. The van der Waals surface area contributed by atoms with E-state index >= 15 is 0 Å². The van der Waals surface area contributed by atoms with Crippen LogP contribution in [0.2, 0.25) is 0 Å². The van der Waals surface area contributed by atoms with Gasteiger partial charge in [0, 0.05) is 56.5 Å². The van der Waals surface area contributed by atoms with Crippen LogP contribution in [0.3, 0.4) is 0 Å². The van der Waals surface area contributed by atoms with Gasteiger partial charge in [-0.05, 0) is 191 Å². The number of anilines is 4. The summed E-state index contributed by atoms with van der Waals surface area (Å²) in [6, 6.07) is 84.4. The molecule has 0 saturated carbocycles. The second-order valence-electron chi connectivity index (χ2n) is 19.8. The van der Waals surface area contributed by atoms with Crippen molar-refractivity contribution in [2.24, 2.45) is 0 Å². The molecule has 0 radical (unpaired) electrons. The highest BCUT2D eigenvalue weighted by molar-refractivity contribution is 6.01. The topological polar surface area (TPSA) is 11.4 Å². The third-order valence-corrected chi connectivity index (χ3v) is 15.4. The summed E-state index contributed by atoms with van der Waals surface area (Å²) in [6.45, 7) is 0.